The fourth-order valence-corrected chi connectivity index (χ4v) is 2.85. The number of carbonyl (C=O) groups is 1. The van der Waals surface area contributed by atoms with Gasteiger partial charge in [0.05, 0.1) is 12.3 Å². The third-order valence-corrected chi connectivity index (χ3v) is 4.35. The van der Waals surface area contributed by atoms with Crippen molar-refractivity contribution in [2.24, 2.45) is 0 Å². The first kappa shape index (κ1) is 18.8. The van der Waals surface area contributed by atoms with Crippen LogP contribution in [-0.4, -0.2) is 22.5 Å². The molecule has 2 heterocycles. The lowest BCUT2D eigenvalue weighted by molar-refractivity contribution is 0.0506. The van der Waals surface area contributed by atoms with Crippen LogP contribution in [0.25, 0.3) is 11.0 Å². The van der Waals surface area contributed by atoms with Gasteiger partial charge in [0, 0.05) is 23.0 Å². The molecule has 0 fully saturated rings. The number of hydrogen-bond acceptors (Lipinski definition) is 5. The average molecular weight is 363 g/mol. The highest BCUT2D eigenvalue weighted by Gasteiger charge is 2.18. The molecule has 0 bridgehead atoms. The zero-order valence-electron chi connectivity index (χ0n) is 16.2. The van der Waals surface area contributed by atoms with Crippen LogP contribution < -0.4 is 5.32 Å². The van der Waals surface area contributed by atoms with Crippen LogP contribution in [0.3, 0.4) is 0 Å². The number of esters is 1. The molecule has 27 heavy (non-hydrogen) atoms. The van der Waals surface area contributed by atoms with E-state index in [9.17, 15) is 4.79 Å². The van der Waals surface area contributed by atoms with Crippen LogP contribution in [0.2, 0.25) is 0 Å². The molecule has 0 radical (unpaired) electrons. The van der Waals surface area contributed by atoms with Crippen LogP contribution in [0, 0.1) is 6.92 Å². The van der Waals surface area contributed by atoms with Crippen LogP contribution >= 0.6 is 0 Å². The predicted molar refractivity (Wildman–Crippen MR) is 109 cm³/mol. The zero-order chi connectivity index (χ0) is 19.4. The average Bonchev–Trinajstić information content (AvgIpc) is 2.66. The molecule has 0 aliphatic rings. The largest absolute Gasteiger partial charge is 0.462 e. The normalized spacial score (nSPS) is 11.0. The summed E-state index contributed by atoms with van der Waals surface area (Å²) in [6.07, 6.45) is 2.31. The molecule has 5 nitrogen and oxygen atoms in total. The molecule has 0 amide bonds. The summed E-state index contributed by atoms with van der Waals surface area (Å²) in [5.41, 5.74) is 4.71. The molecule has 0 aliphatic heterocycles. The Labute approximate surface area is 159 Å². The van der Waals surface area contributed by atoms with Crippen molar-refractivity contribution < 1.29 is 9.53 Å². The first-order valence-corrected chi connectivity index (χ1v) is 9.30. The van der Waals surface area contributed by atoms with Gasteiger partial charge < -0.3 is 10.1 Å². The SMILES string of the molecule is CCCOC(=O)c1cnc2nc(C)ccc2c1Nc1cccc(C(C)C)c1. The molecule has 5 heteroatoms. The number of fused-ring (bicyclic) bond motifs is 1. The second-order valence-electron chi connectivity index (χ2n) is 6.91. The van der Waals surface area contributed by atoms with E-state index in [1.54, 1.807) is 6.20 Å². The maximum atomic E-state index is 12.6. The molecule has 0 atom stereocenters. The zero-order valence-corrected chi connectivity index (χ0v) is 16.2. The number of nitrogens with zero attached hydrogens (tertiary/aromatic N) is 2. The summed E-state index contributed by atoms with van der Waals surface area (Å²) >= 11 is 0. The summed E-state index contributed by atoms with van der Waals surface area (Å²) in [7, 11) is 0. The van der Waals surface area contributed by atoms with Gasteiger partial charge >= 0.3 is 5.97 Å². The van der Waals surface area contributed by atoms with Crippen molar-refractivity contribution in [2.75, 3.05) is 11.9 Å². The number of hydrogen-bond donors (Lipinski definition) is 1. The highest BCUT2D eigenvalue weighted by Crippen LogP contribution is 2.30. The molecular weight excluding hydrogens is 338 g/mol. The first-order chi connectivity index (χ1) is 13.0. The summed E-state index contributed by atoms with van der Waals surface area (Å²) in [5, 5.41) is 4.20. The number of nitrogens with one attached hydrogen (secondary N) is 1. The molecule has 1 aromatic carbocycles. The van der Waals surface area contributed by atoms with Crippen molar-refractivity contribution in [1.29, 1.82) is 0 Å². The van der Waals surface area contributed by atoms with Crippen LogP contribution in [0.4, 0.5) is 11.4 Å². The molecule has 2 aromatic heterocycles. The Morgan fingerprint density at radius 2 is 2.04 bits per heavy atom. The van der Waals surface area contributed by atoms with Crippen LogP contribution in [0.5, 0.6) is 0 Å². The number of aryl methyl sites for hydroxylation is 1. The van der Waals surface area contributed by atoms with E-state index in [-0.39, 0.29) is 5.97 Å². The smallest absolute Gasteiger partial charge is 0.341 e. The molecule has 140 valence electrons. The summed E-state index contributed by atoms with van der Waals surface area (Å²) in [5.74, 6) is 0.0357. The number of carbonyl (C=O) groups excluding carboxylic acids is 1. The fourth-order valence-electron chi connectivity index (χ4n) is 2.85. The van der Waals surface area contributed by atoms with Crippen molar-refractivity contribution in [3.8, 4) is 0 Å². The van der Waals surface area contributed by atoms with Gasteiger partial charge in [-0.25, -0.2) is 14.8 Å². The monoisotopic (exact) mass is 363 g/mol. The Kier molecular flexibility index (Phi) is 5.69. The van der Waals surface area contributed by atoms with E-state index in [0.717, 1.165) is 23.2 Å². The van der Waals surface area contributed by atoms with E-state index in [1.807, 2.05) is 38.1 Å². The van der Waals surface area contributed by atoms with E-state index in [4.69, 9.17) is 4.74 Å². The molecule has 0 saturated heterocycles. The minimum Gasteiger partial charge on any atom is -0.462 e. The third-order valence-electron chi connectivity index (χ3n) is 4.35. The molecule has 0 saturated carbocycles. The summed E-state index contributed by atoms with van der Waals surface area (Å²) in [6.45, 7) is 8.58. The Morgan fingerprint density at radius 3 is 2.78 bits per heavy atom. The lowest BCUT2D eigenvalue weighted by Gasteiger charge is -2.15. The Hall–Kier alpha value is -2.95. The number of anilines is 2. The van der Waals surface area contributed by atoms with E-state index >= 15 is 0 Å². The van der Waals surface area contributed by atoms with E-state index < -0.39 is 0 Å². The van der Waals surface area contributed by atoms with Gasteiger partial charge in [-0.1, -0.05) is 32.9 Å². The quantitative estimate of drug-likeness (QED) is 0.596. The number of rotatable bonds is 6. The standard InChI is InChI=1S/C22H25N3O2/c1-5-11-27-22(26)19-13-23-21-18(10-9-15(4)24-21)20(19)25-17-8-6-7-16(12-17)14(2)3/h6-10,12-14H,5,11H2,1-4H3,(H,23,24,25). The van der Waals surface area contributed by atoms with Gasteiger partial charge in [-0.3, -0.25) is 0 Å². The Balaban J connectivity index is 2.09. The van der Waals surface area contributed by atoms with Crippen LogP contribution in [0.1, 0.15) is 54.7 Å². The Morgan fingerprint density at radius 1 is 1.22 bits per heavy atom. The first-order valence-electron chi connectivity index (χ1n) is 9.30. The second-order valence-corrected chi connectivity index (χ2v) is 6.91. The van der Waals surface area contributed by atoms with Crippen molar-refractivity contribution >= 4 is 28.4 Å². The molecule has 1 N–H and O–H groups in total. The van der Waals surface area contributed by atoms with Crippen molar-refractivity contribution in [3.63, 3.8) is 0 Å². The van der Waals surface area contributed by atoms with Crippen LogP contribution in [0.15, 0.2) is 42.6 Å². The molecule has 0 spiro atoms. The minimum absolute atomic E-state index is 0.380. The lowest BCUT2D eigenvalue weighted by Crippen LogP contribution is -2.10. The Bertz CT molecular complexity index is 967. The highest BCUT2D eigenvalue weighted by molar-refractivity contribution is 6.05. The van der Waals surface area contributed by atoms with Crippen molar-refractivity contribution in [2.45, 2.75) is 40.0 Å². The van der Waals surface area contributed by atoms with Gasteiger partial charge in [-0.2, -0.15) is 0 Å². The molecule has 0 unspecified atom stereocenters. The molecule has 3 rings (SSSR count). The fraction of sp³-hybridized carbons (Fsp3) is 0.318. The maximum Gasteiger partial charge on any atom is 0.341 e. The second kappa shape index (κ2) is 8.16. The van der Waals surface area contributed by atoms with Crippen molar-refractivity contribution in [1.82, 2.24) is 9.97 Å². The van der Waals surface area contributed by atoms with Gasteiger partial charge in [0.1, 0.15) is 5.56 Å². The van der Waals surface area contributed by atoms with Crippen LogP contribution in [-0.2, 0) is 4.74 Å². The third kappa shape index (κ3) is 4.25. The van der Waals surface area contributed by atoms with Gasteiger partial charge in [0.2, 0.25) is 0 Å². The topological polar surface area (TPSA) is 64.1 Å². The number of benzene rings is 1. The van der Waals surface area contributed by atoms with E-state index in [0.29, 0.717) is 29.4 Å². The number of aromatic nitrogens is 2. The molecule has 3 aromatic rings. The molecular formula is C22H25N3O2. The van der Waals surface area contributed by atoms with E-state index in [1.165, 1.54) is 5.56 Å². The summed E-state index contributed by atoms with van der Waals surface area (Å²) < 4.78 is 5.35. The highest BCUT2D eigenvalue weighted by atomic mass is 16.5. The minimum atomic E-state index is -0.380. The van der Waals surface area contributed by atoms with Gasteiger partial charge in [-0.15, -0.1) is 0 Å². The van der Waals surface area contributed by atoms with Gasteiger partial charge in [0.25, 0.3) is 0 Å². The molecule has 0 aliphatic carbocycles. The van der Waals surface area contributed by atoms with E-state index in [2.05, 4.69) is 41.3 Å². The van der Waals surface area contributed by atoms with Gasteiger partial charge in [-0.05, 0) is 49.1 Å². The summed E-state index contributed by atoms with van der Waals surface area (Å²) in [6, 6.07) is 12.1. The number of pyridine rings is 2. The van der Waals surface area contributed by atoms with Gasteiger partial charge in [0.15, 0.2) is 5.65 Å². The number of ether oxygens (including phenoxy) is 1. The predicted octanol–water partition coefficient (Wildman–Crippen LogP) is 5.37. The lowest BCUT2D eigenvalue weighted by atomic mass is 10.0. The maximum absolute atomic E-state index is 12.6. The summed E-state index contributed by atoms with van der Waals surface area (Å²) in [4.78, 5) is 21.4. The van der Waals surface area contributed by atoms with Crippen molar-refractivity contribution in [3.05, 3.63) is 59.4 Å².